The number of amides is 2. The molecule has 3 atom stereocenters. The molecule has 2 amide bonds. The topological polar surface area (TPSA) is 77.9 Å². The van der Waals surface area contributed by atoms with Gasteiger partial charge in [0.1, 0.15) is 5.82 Å². The van der Waals surface area contributed by atoms with Gasteiger partial charge in [0.05, 0.1) is 17.5 Å². The van der Waals surface area contributed by atoms with E-state index in [1.807, 2.05) is 0 Å². The van der Waals surface area contributed by atoms with E-state index in [9.17, 15) is 23.9 Å². The Bertz CT molecular complexity index is 708. The van der Waals surface area contributed by atoms with Crippen molar-refractivity contribution >= 4 is 23.5 Å². The number of anilines is 1. The number of para-hydroxylation sites is 1. The largest absolute Gasteiger partial charge is 0.481 e. The van der Waals surface area contributed by atoms with Gasteiger partial charge in [-0.15, -0.1) is 0 Å². The van der Waals surface area contributed by atoms with Crippen LogP contribution in [0.25, 0.3) is 0 Å². The van der Waals surface area contributed by atoms with Gasteiger partial charge in [-0.2, -0.15) is 0 Å². The smallest absolute Gasteiger partial charge is 0.308 e. The lowest BCUT2D eigenvalue weighted by atomic mass is 9.89. The summed E-state index contributed by atoms with van der Waals surface area (Å²) in [6.45, 7) is 2.36. The second-order valence-electron chi connectivity index (χ2n) is 6.72. The number of rotatable bonds is 3. The van der Waals surface area contributed by atoms with Crippen molar-refractivity contribution in [1.29, 1.82) is 0 Å². The average molecular weight is 348 g/mol. The molecule has 2 aliphatic rings. The normalized spacial score (nSPS) is 26.8. The second kappa shape index (κ2) is 6.82. The molecule has 1 aromatic carbocycles. The molecule has 25 heavy (non-hydrogen) atoms. The molecule has 2 saturated heterocycles. The number of halogens is 1. The number of carboxylic acid groups (broad SMARTS) is 1. The third kappa shape index (κ3) is 3.23. The summed E-state index contributed by atoms with van der Waals surface area (Å²) >= 11 is 0. The molecule has 0 aromatic heterocycles. The van der Waals surface area contributed by atoms with Gasteiger partial charge in [0.15, 0.2) is 0 Å². The maximum Gasteiger partial charge on any atom is 0.308 e. The summed E-state index contributed by atoms with van der Waals surface area (Å²) in [5, 5.41) is 9.29. The number of nitrogens with zero attached hydrogens (tertiary/aromatic N) is 2. The molecule has 0 saturated carbocycles. The van der Waals surface area contributed by atoms with Gasteiger partial charge in [0.2, 0.25) is 11.8 Å². The van der Waals surface area contributed by atoms with Gasteiger partial charge in [-0.3, -0.25) is 14.4 Å². The Kier molecular flexibility index (Phi) is 4.74. The molecule has 0 bridgehead atoms. The van der Waals surface area contributed by atoms with Crippen LogP contribution in [0.5, 0.6) is 0 Å². The minimum absolute atomic E-state index is 0.0220. The van der Waals surface area contributed by atoms with Crippen LogP contribution in [-0.4, -0.2) is 46.9 Å². The molecule has 2 fully saturated rings. The number of hydrogen-bond acceptors (Lipinski definition) is 3. The summed E-state index contributed by atoms with van der Waals surface area (Å²) in [7, 11) is 0. The van der Waals surface area contributed by atoms with Crippen molar-refractivity contribution in [1.82, 2.24) is 4.90 Å². The molecule has 7 heteroatoms. The monoisotopic (exact) mass is 348 g/mol. The van der Waals surface area contributed by atoms with E-state index in [4.69, 9.17) is 0 Å². The minimum atomic E-state index is -0.902. The molecule has 0 aliphatic carbocycles. The summed E-state index contributed by atoms with van der Waals surface area (Å²) in [6.07, 6.45) is 1.20. The van der Waals surface area contributed by atoms with Crippen molar-refractivity contribution in [3.8, 4) is 0 Å². The summed E-state index contributed by atoms with van der Waals surface area (Å²) < 4.78 is 13.9. The Balaban J connectivity index is 1.75. The average Bonchev–Trinajstić information content (AvgIpc) is 2.96. The molecule has 0 spiro atoms. The molecule has 2 heterocycles. The fourth-order valence-electron chi connectivity index (χ4n) is 3.80. The number of hydrogen-bond donors (Lipinski definition) is 1. The predicted octanol–water partition coefficient (Wildman–Crippen LogP) is 1.89. The molecule has 6 nitrogen and oxygen atoms in total. The van der Waals surface area contributed by atoms with Crippen LogP contribution in [0.2, 0.25) is 0 Å². The van der Waals surface area contributed by atoms with Crippen LogP contribution in [0.1, 0.15) is 26.2 Å². The number of carbonyl (C=O) groups is 3. The quantitative estimate of drug-likeness (QED) is 0.905. The van der Waals surface area contributed by atoms with Crippen LogP contribution in [0.4, 0.5) is 10.1 Å². The lowest BCUT2D eigenvalue weighted by Crippen LogP contribution is -2.51. The first-order valence-electron chi connectivity index (χ1n) is 8.48. The van der Waals surface area contributed by atoms with Gasteiger partial charge in [-0.1, -0.05) is 12.1 Å². The Morgan fingerprint density at radius 2 is 2.00 bits per heavy atom. The third-order valence-electron chi connectivity index (χ3n) is 5.21. The third-order valence-corrected chi connectivity index (χ3v) is 5.21. The standard InChI is InChI=1S/C18H21FN2O4/c1-11-13(18(24)25)5-4-8-20(11)17(23)12-9-16(22)21(10-12)15-7-3-2-6-14(15)19/h2-3,6-7,11-13H,4-5,8-10H2,1H3,(H,24,25)/t11-,12?,13-/m1/s1. The zero-order chi connectivity index (χ0) is 18.1. The lowest BCUT2D eigenvalue weighted by molar-refractivity contribution is -0.150. The van der Waals surface area contributed by atoms with E-state index in [1.54, 1.807) is 24.0 Å². The molecule has 1 N–H and O–H groups in total. The fraction of sp³-hybridized carbons (Fsp3) is 0.500. The number of likely N-dealkylation sites (tertiary alicyclic amines) is 1. The van der Waals surface area contributed by atoms with E-state index in [-0.39, 0.29) is 30.5 Å². The minimum Gasteiger partial charge on any atom is -0.481 e. The fourth-order valence-corrected chi connectivity index (χ4v) is 3.80. The molecular weight excluding hydrogens is 327 g/mol. The van der Waals surface area contributed by atoms with Crippen LogP contribution in [-0.2, 0) is 14.4 Å². The van der Waals surface area contributed by atoms with Crippen LogP contribution in [0, 0.1) is 17.7 Å². The summed E-state index contributed by atoms with van der Waals surface area (Å²) in [6, 6.07) is 5.58. The van der Waals surface area contributed by atoms with Gasteiger partial charge in [-0.05, 0) is 31.9 Å². The van der Waals surface area contributed by atoms with E-state index in [1.165, 1.54) is 17.0 Å². The zero-order valence-electron chi connectivity index (χ0n) is 14.0. The number of aliphatic carboxylic acids is 1. The van der Waals surface area contributed by atoms with Gasteiger partial charge in [0.25, 0.3) is 0 Å². The predicted molar refractivity (Wildman–Crippen MR) is 88.4 cm³/mol. The Morgan fingerprint density at radius 1 is 1.28 bits per heavy atom. The molecule has 1 aromatic rings. The van der Waals surface area contributed by atoms with Crippen LogP contribution >= 0.6 is 0 Å². The highest BCUT2D eigenvalue weighted by Gasteiger charge is 2.42. The summed E-state index contributed by atoms with van der Waals surface area (Å²) in [5.74, 6) is -3.06. The van der Waals surface area contributed by atoms with Crippen LogP contribution < -0.4 is 4.90 Å². The maximum absolute atomic E-state index is 13.9. The SMILES string of the molecule is C[C@@H]1[C@H](C(=O)O)CCCN1C(=O)C1CC(=O)N(c2ccccc2F)C1. The molecular formula is C18H21FN2O4. The van der Waals surface area contributed by atoms with Gasteiger partial charge in [0, 0.05) is 25.6 Å². The van der Waals surface area contributed by atoms with E-state index in [0.717, 1.165) is 0 Å². The molecule has 1 unspecified atom stereocenters. The van der Waals surface area contributed by atoms with Crippen molar-refractivity contribution < 1.29 is 23.9 Å². The number of piperidine rings is 1. The Morgan fingerprint density at radius 3 is 2.68 bits per heavy atom. The Labute approximate surface area is 145 Å². The first-order chi connectivity index (χ1) is 11.9. The highest BCUT2D eigenvalue weighted by Crippen LogP contribution is 2.31. The van der Waals surface area contributed by atoms with Gasteiger partial charge in [-0.25, -0.2) is 4.39 Å². The van der Waals surface area contributed by atoms with Crippen molar-refractivity contribution in [2.24, 2.45) is 11.8 Å². The molecule has 2 aliphatic heterocycles. The van der Waals surface area contributed by atoms with Crippen molar-refractivity contribution in [2.75, 3.05) is 18.0 Å². The van der Waals surface area contributed by atoms with Crippen LogP contribution in [0.15, 0.2) is 24.3 Å². The highest BCUT2D eigenvalue weighted by atomic mass is 19.1. The second-order valence-corrected chi connectivity index (χ2v) is 6.72. The highest BCUT2D eigenvalue weighted by molar-refractivity contribution is 6.00. The molecule has 0 radical (unpaired) electrons. The zero-order valence-corrected chi connectivity index (χ0v) is 14.0. The van der Waals surface area contributed by atoms with Crippen molar-refractivity contribution in [2.45, 2.75) is 32.2 Å². The Hall–Kier alpha value is -2.44. The number of carboxylic acids is 1. The van der Waals surface area contributed by atoms with Gasteiger partial charge < -0.3 is 14.9 Å². The number of benzene rings is 1. The molecule has 3 rings (SSSR count). The first-order valence-corrected chi connectivity index (χ1v) is 8.48. The summed E-state index contributed by atoms with van der Waals surface area (Å²) in [5.41, 5.74) is 0.179. The van der Waals surface area contributed by atoms with Crippen LogP contribution in [0.3, 0.4) is 0 Å². The van der Waals surface area contributed by atoms with E-state index in [0.29, 0.717) is 19.4 Å². The van der Waals surface area contributed by atoms with Crippen molar-refractivity contribution in [3.05, 3.63) is 30.1 Å². The maximum atomic E-state index is 13.9. The van der Waals surface area contributed by atoms with Crippen molar-refractivity contribution in [3.63, 3.8) is 0 Å². The van der Waals surface area contributed by atoms with E-state index >= 15 is 0 Å². The van der Waals surface area contributed by atoms with E-state index in [2.05, 4.69) is 0 Å². The first kappa shape index (κ1) is 17.4. The number of carbonyl (C=O) groups excluding carboxylic acids is 2. The molecule has 134 valence electrons. The van der Waals surface area contributed by atoms with E-state index < -0.39 is 29.7 Å². The lowest BCUT2D eigenvalue weighted by Gasteiger charge is -2.38. The van der Waals surface area contributed by atoms with Gasteiger partial charge >= 0.3 is 5.97 Å². The summed E-state index contributed by atoms with van der Waals surface area (Å²) in [4.78, 5) is 39.3.